The normalized spacial score (nSPS) is 29.4. The molecule has 0 unspecified atom stereocenters. The number of carbonyl (C=O) groups excluding carboxylic acids is 1. The van der Waals surface area contributed by atoms with Gasteiger partial charge in [-0.1, -0.05) is 18.2 Å². The minimum atomic E-state index is 0.165. The zero-order chi connectivity index (χ0) is 14.9. The highest BCUT2D eigenvalue weighted by Crippen LogP contribution is 2.43. The quantitative estimate of drug-likeness (QED) is 0.849. The lowest BCUT2D eigenvalue weighted by Gasteiger charge is -2.30. The molecule has 2 heterocycles. The monoisotopic (exact) mass is 288 g/mol. The van der Waals surface area contributed by atoms with Gasteiger partial charge in [0.1, 0.15) is 0 Å². The predicted molar refractivity (Wildman–Crippen MR) is 82.3 cm³/mol. The largest absolute Gasteiger partial charge is 0.384 e. The molecule has 2 atom stereocenters. The highest BCUT2D eigenvalue weighted by molar-refractivity contribution is 5.94. The summed E-state index contributed by atoms with van der Waals surface area (Å²) in [6.45, 7) is 4.65. The predicted octanol–water partition coefficient (Wildman–Crippen LogP) is 1.73. The van der Waals surface area contributed by atoms with Gasteiger partial charge in [0.2, 0.25) is 0 Å². The summed E-state index contributed by atoms with van der Waals surface area (Å²) in [5.41, 5.74) is 1.01. The summed E-state index contributed by atoms with van der Waals surface area (Å²) in [5.74, 6) is 0.694. The van der Waals surface area contributed by atoms with Crippen molar-refractivity contribution in [2.45, 2.75) is 6.42 Å². The van der Waals surface area contributed by atoms with Gasteiger partial charge in [0.05, 0.1) is 6.61 Å². The van der Waals surface area contributed by atoms with Gasteiger partial charge in [0, 0.05) is 50.2 Å². The van der Waals surface area contributed by atoms with Gasteiger partial charge in [0.15, 0.2) is 0 Å². The first-order valence-corrected chi connectivity index (χ1v) is 7.66. The van der Waals surface area contributed by atoms with E-state index in [1.165, 1.54) is 0 Å². The number of ether oxygens (including phenoxy) is 1. The third-order valence-electron chi connectivity index (χ3n) is 5.04. The van der Waals surface area contributed by atoms with E-state index in [4.69, 9.17) is 4.74 Å². The Balaban J connectivity index is 1.74. The van der Waals surface area contributed by atoms with Gasteiger partial charge in [-0.15, -0.1) is 0 Å². The fraction of sp³-hybridized carbons (Fsp3) is 0.588. The lowest BCUT2D eigenvalue weighted by atomic mass is 9.77. The fourth-order valence-corrected chi connectivity index (χ4v) is 4.03. The van der Waals surface area contributed by atoms with Crippen molar-refractivity contribution in [2.24, 2.45) is 11.3 Å². The average Bonchev–Trinajstić information content (AvgIpc) is 3.04. The van der Waals surface area contributed by atoms with Crippen LogP contribution in [0.25, 0.3) is 0 Å². The maximum Gasteiger partial charge on any atom is 0.253 e. The number of amides is 1. The van der Waals surface area contributed by atoms with E-state index in [1.807, 2.05) is 35.2 Å². The fourth-order valence-electron chi connectivity index (χ4n) is 4.03. The van der Waals surface area contributed by atoms with Crippen molar-refractivity contribution in [3.8, 4) is 0 Å². The smallest absolute Gasteiger partial charge is 0.253 e. The Hall–Kier alpha value is -1.39. The highest BCUT2D eigenvalue weighted by Gasteiger charge is 2.50. The first-order chi connectivity index (χ1) is 10.1. The van der Waals surface area contributed by atoms with Gasteiger partial charge < -0.3 is 14.5 Å². The van der Waals surface area contributed by atoms with E-state index in [0.717, 1.165) is 44.8 Å². The first-order valence-electron chi connectivity index (χ1n) is 7.66. The van der Waals surface area contributed by atoms with Crippen LogP contribution in [-0.2, 0) is 4.74 Å². The maximum atomic E-state index is 12.6. The lowest BCUT2D eigenvalue weighted by Crippen LogP contribution is -2.38. The minimum Gasteiger partial charge on any atom is -0.384 e. The number of likely N-dealkylation sites (tertiary alicyclic amines) is 2. The van der Waals surface area contributed by atoms with E-state index >= 15 is 0 Å². The Kier molecular flexibility index (Phi) is 4.00. The minimum absolute atomic E-state index is 0.165. The molecule has 1 spiro atoms. The number of hydrogen-bond acceptors (Lipinski definition) is 3. The van der Waals surface area contributed by atoms with Crippen molar-refractivity contribution < 1.29 is 9.53 Å². The van der Waals surface area contributed by atoms with E-state index in [2.05, 4.69) is 11.9 Å². The topological polar surface area (TPSA) is 32.8 Å². The molecule has 4 nitrogen and oxygen atoms in total. The molecular weight excluding hydrogens is 264 g/mol. The molecule has 0 radical (unpaired) electrons. The molecule has 2 fully saturated rings. The van der Waals surface area contributed by atoms with Gasteiger partial charge in [-0.2, -0.15) is 0 Å². The molecular formula is C17H24N2O2. The molecule has 114 valence electrons. The van der Waals surface area contributed by atoms with Crippen LogP contribution in [0, 0.1) is 11.3 Å². The number of benzene rings is 1. The molecule has 3 rings (SSSR count). The molecule has 0 N–H and O–H groups in total. The molecule has 0 bridgehead atoms. The summed E-state index contributed by atoms with van der Waals surface area (Å²) in [4.78, 5) is 17.0. The van der Waals surface area contributed by atoms with Crippen molar-refractivity contribution in [1.82, 2.24) is 9.80 Å². The SMILES string of the molecule is COC[C@@H]1CN(C)C[C@]12CCN(C(=O)c1ccccc1)C2. The Bertz CT molecular complexity index is 505. The zero-order valence-electron chi connectivity index (χ0n) is 12.9. The van der Waals surface area contributed by atoms with Crippen molar-refractivity contribution in [3.05, 3.63) is 35.9 Å². The van der Waals surface area contributed by atoms with Crippen molar-refractivity contribution in [3.63, 3.8) is 0 Å². The maximum absolute atomic E-state index is 12.6. The van der Waals surface area contributed by atoms with E-state index < -0.39 is 0 Å². The molecule has 4 heteroatoms. The van der Waals surface area contributed by atoms with Crippen LogP contribution in [0.1, 0.15) is 16.8 Å². The number of methoxy groups -OCH3 is 1. The van der Waals surface area contributed by atoms with Crippen molar-refractivity contribution in [2.75, 3.05) is 46.9 Å². The third kappa shape index (κ3) is 2.70. The van der Waals surface area contributed by atoms with E-state index in [-0.39, 0.29) is 11.3 Å². The Morgan fingerprint density at radius 1 is 1.33 bits per heavy atom. The van der Waals surface area contributed by atoms with Gasteiger partial charge in [-0.3, -0.25) is 4.79 Å². The first kappa shape index (κ1) is 14.5. The second-order valence-electron chi connectivity index (χ2n) is 6.55. The molecule has 1 aromatic carbocycles. The van der Waals surface area contributed by atoms with Crippen LogP contribution in [0.15, 0.2) is 30.3 Å². The molecule has 0 aliphatic carbocycles. The summed E-state index contributed by atoms with van der Waals surface area (Å²) >= 11 is 0. The second-order valence-corrected chi connectivity index (χ2v) is 6.55. The van der Waals surface area contributed by atoms with Gasteiger partial charge in [0.25, 0.3) is 5.91 Å². The van der Waals surface area contributed by atoms with Crippen LogP contribution >= 0.6 is 0 Å². The lowest BCUT2D eigenvalue weighted by molar-refractivity contribution is 0.0716. The molecule has 0 aromatic heterocycles. The standard InChI is InChI=1S/C17H24N2O2/c1-18-10-15(11-21-2)17(12-18)8-9-19(13-17)16(20)14-6-4-3-5-7-14/h3-7,15H,8-13H2,1-2H3/t15-,17-/m0/s1. The molecule has 2 saturated heterocycles. The van der Waals surface area contributed by atoms with E-state index in [9.17, 15) is 4.79 Å². The van der Waals surface area contributed by atoms with Gasteiger partial charge >= 0.3 is 0 Å². The summed E-state index contributed by atoms with van der Waals surface area (Å²) in [6.07, 6.45) is 1.09. The van der Waals surface area contributed by atoms with Crippen LogP contribution < -0.4 is 0 Å². The van der Waals surface area contributed by atoms with Gasteiger partial charge in [-0.25, -0.2) is 0 Å². The number of rotatable bonds is 3. The zero-order valence-corrected chi connectivity index (χ0v) is 12.9. The summed E-state index contributed by atoms with van der Waals surface area (Å²) < 4.78 is 5.41. The van der Waals surface area contributed by atoms with Crippen LogP contribution in [0.3, 0.4) is 0 Å². The molecule has 0 saturated carbocycles. The van der Waals surface area contributed by atoms with Crippen LogP contribution in [0.4, 0.5) is 0 Å². The summed E-state index contributed by atoms with van der Waals surface area (Å²) in [7, 11) is 3.94. The average molecular weight is 288 g/mol. The van der Waals surface area contributed by atoms with Crippen molar-refractivity contribution >= 4 is 5.91 Å². The van der Waals surface area contributed by atoms with Gasteiger partial charge in [-0.05, 0) is 25.6 Å². The van der Waals surface area contributed by atoms with Crippen LogP contribution in [-0.4, -0.2) is 62.7 Å². The number of carbonyl (C=O) groups is 1. The second kappa shape index (κ2) is 5.78. The van der Waals surface area contributed by atoms with E-state index in [1.54, 1.807) is 7.11 Å². The van der Waals surface area contributed by atoms with Crippen molar-refractivity contribution in [1.29, 1.82) is 0 Å². The van der Waals surface area contributed by atoms with E-state index in [0.29, 0.717) is 5.92 Å². The number of hydrogen-bond donors (Lipinski definition) is 0. The number of nitrogens with zero attached hydrogens (tertiary/aromatic N) is 2. The summed E-state index contributed by atoms with van der Waals surface area (Å²) in [5, 5.41) is 0. The summed E-state index contributed by atoms with van der Waals surface area (Å²) in [6, 6.07) is 9.61. The molecule has 1 aromatic rings. The molecule has 2 aliphatic heterocycles. The Morgan fingerprint density at radius 3 is 2.81 bits per heavy atom. The molecule has 1 amide bonds. The third-order valence-corrected chi connectivity index (χ3v) is 5.04. The Labute approximate surface area is 126 Å². The van der Waals surface area contributed by atoms with Crippen LogP contribution in [0.2, 0.25) is 0 Å². The van der Waals surface area contributed by atoms with Crippen LogP contribution in [0.5, 0.6) is 0 Å². The Morgan fingerprint density at radius 2 is 2.10 bits per heavy atom. The molecule has 21 heavy (non-hydrogen) atoms. The highest BCUT2D eigenvalue weighted by atomic mass is 16.5. The molecule has 2 aliphatic rings.